The Bertz CT molecular complexity index is 658. The molecule has 0 aliphatic rings. The Labute approximate surface area is 128 Å². The van der Waals surface area contributed by atoms with E-state index in [1.54, 1.807) is 30.4 Å². The van der Waals surface area contributed by atoms with E-state index in [0.29, 0.717) is 10.0 Å². The SMILES string of the molecule is O=C(/C=C/c1ccccc1)/C=C/c1ccc(Cl)c(Cl)c1. The summed E-state index contributed by atoms with van der Waals surface area (Å²) < 4.78 is 0. The van der Waals surface area contributed by atoms with Crippen molar-refractivity contribution in [3.63, 3.8) is 0 Å². The third kappa shape index (κ3) is 4.37. The monoisotopic (exact) mass is 302 g/mol. The van der Waals surface area contributed by atoms with Gasteiger partial charge in [0.25, 0.3) is 0 Å². The molecule has 0 atom stereocenters. The number of benzene rings is 2. The predicted molar refractivity (Wildman–Crippen MR) is 86.0 cm³/mol. The van der Waals surface area contributed by atoms with Crippen LogP contribution in [0, 0.1) is 0 Å². The van der Waals surface area contributed by atoms with E-state index in [0.717, 1.165) is 11.1 Å². The average Bonchev–Trinajstić information content (AvgIpc) is 2.47. The van der Waals surface area contributed by atoms with Gasteiger partial charge in [-0.1, -0.05) is 71.8 Å². The molecule has 100 valence electrons. The van der Waals surface area contributed by atoms with Crippen molar-refractivity contribution >= 4 is 41.1 Å². The molecule has 0 aromatic heterocycles. The zero-order valence-corrected chi connectivity index (χ0v) is 12.1. The summed E-state index contributed by atoms with van der Waals surface area (Å²) in [6.07, 6.45) is 6.52. The Morgan fingerprint density at radius 1 is 0.800 bits per heavy atom. The summed E-state index contributed by atoms with van der Waals surface area (Å²) in [5.74, 6) is -0.0834. The second-order valence-electron chi connectivity index (χ2n) is 4.15. The number of allylic oxidation sites excluding steroid dienone is 2. The fourth-order valence-corrected chi connectivity index (χ4v) is 1.90. The molecule has 0 spiro atoms. The molecule has 2 aromatic carbocycles. The number of carbonyl (C=O) groups excluding carboxylic acids is 1. The predicted octanol–water partition coefficient (Wildman–Crippen LogP) is 5.29. The van der Waals surface area contributed by atoms with Crippen LogP contribution in [0.25, 0.3) is 12.2 Å². The molecular formula is C17H12Cl2O. The van der Waals surface area contributed by atoms with Crippen LogP contribution in [0.3, 0.4) is 0 Å². The molecule has 0 bridgehead atoms. The zero-order chi connectivity index (χ0) is 14.4. The van der Waals surface area contributed by atoms with Crippen molar-refractivity contribution in [2.24, 2.45) is 0 Å². The quantitative estimate of drug-likeness (QED) is 0.701. The van der Waals surface area contributed by atoms with E-state index < -0.39 is 0 Å². The molecule has 3 heteroatoms. The van der Waals surface area contributed by atoms with Crippen molar-refractivity contribution in [2.75, 3.05) is 0 Å². The Hall–Kier alpha value is -1.83. The van der Waals surface area contributed by atoms with Gasteiger partial charge in [0.2, 0.25) is 0 Å². The summed E-state index contributed by atoms with van der Waals surface area (Å²) >= 11 is 11.7. The lowest BCUT2D eigenvalue weighted by Gasteiger charge is -1.96. The van der Waals surface area contributed by atoms with Gasteiger partial charge >= 0.3 is 0 Å². The highest BCUT2D eigenvalue weighted by molar-refractivity contribution is 6.42. The maximum absolute atomic E-state index is 11.7. The van der Waals surface area contributed by atoms with Gasteiger partial charge in [-0.15, -0.1) is 0 Å². The van der Waals surface area contributed by atoms with Gasteiger partial charge in [-0.2, -0.15) is 0 Å². The largest absolute Gasteiger partial charge is 0.290 e. The van der Waals surface area contributed by atoms with Crippen LogP contribution in [-0.4, -0.2) is 5.78 Å². The van der Waals surface area contributed by atoms with E-state index in [2.05, 4.69) is 0 Å². The molecule has 0 aliphatic heterocycles. The van der Waals surface area contributed by atoms with Crippen molar-refractivity contribution in [3.05, 3.63) is 81.9 Å². The van der Waals surface area contributed by atoms with E-state index in [9.17, 15) is 4.79 Å². The first-order valence-electron chi connectivity index (χ1n) is 6.05. The standard InChI is InChI=1S/C17H12Cl2O/c18-16-11-8-14(12-17(16)19)7-10-15(20)9-6-13-4-2-1-3-5-13/h1-12H/b9-6+,10-7+. The molecular weight excluding hydrogens is 291 g/mol. The molecule has 0 heterocycles. The molecule has 0 amide bonds. The Kier molecular flexibility index (Phi) is 5.16. The van der Waals surface area contributed by atoms with E-state index >= 15 is 0 Å². The molecule has 0 saturated heterocycles. The van der Waals surface area contributed by atoms with Crippen LogP contribution in [0.1, 0.15) is 11.1 Å². The van der Waals surface area contributed by atoms with Crippen LogP contribution >= 0.6 is 23.2 Å². The minimum Gasteiger partial charge on any atom is -0.290 e. The number of halogens is 2. The number of hydrogen-bond donors (Lipinski definition) is 0. The van der Waals surface area contributed by atoms with E-state index in [1.165, 1.54) is 12.2 Å². The second-order valence-corrected chi connectivity index (χ2v) is 4.97. The Morgan fingerprint density at radius 3 is 2.10 bits per heavy atom. The normalized spacial score (nSPS) is 11.3. The first kappa shape index (κ1) is 14.6. The molecule has 0 unspecified atom stereocenters. The summed E-state index contributed by atoms with van der Waals surface area (Å²) in [4.78, 5) is 11.7. The number of carbonyl (C=O) groups is 1. The third-order valence-corrected chi connectivity index (χ3v) is 3.36. The smallest absolute Gasteiger partial charge is 0.178 e. The molecule has 20 heavy (non-hydrogen) atoms. The molecule has 1 nitrogen and oxygen atoms in total. The van der Waals surface area contributed by atoms with Crippen LogP contribution in [0.4, 0.5) is 0 Å². The van der Waals surface area contributed by atoms with Gasteiger partial charge in [-0.25, -0.2) is 0 Å². The van der Waals surface area contributed by atoms with Gasteiger partial charge < -0.3 is 0 Å². The van der Waals surface area contributed by atoms with Gasteiger partial charge in [0, 0.05) is 0 Å². The van der Waals surface area contributed by atoms with Crippen LogP contribution in [-0.2, 0) is 4.79 Å². The lowest BCUT2D eigenvalue weighted by molar-refractivity contribution is -0.110. The topological polar surface area (TPSA) is 17.1 Å². The summed E-state index contributed by atoms with van der Waals surface area (Å²) in [6.45, 7) is 0. The van der Waals surface area contributed by atoms with Gasteiger partial charge in [-0.3, -0.25) is 4.79 Å². The minimum absolute atomic E-state index is 0.0834. The van der Waals surface area contributed by atoms with Gasteiger partial charge in [-0.05, 0) is 35.4 Å². The average molecular weight is 303 g/mol. The Morgan fingerprint density at radius 2 is 1.45 bits per heavy atom. The van der Waals surface area contributed by atoms with E-state index in [-0.39, 0.29) is 5.78 Å². The Balaban J connectivity index is 2.02. The highest BCUT2D eigenvalue weighted by Crippen LogP contribution is 2.23. The molecule has 0 aliphatic carbocycles. The fourth-order valence-electron chi connectivity index (χ4n) is 1.59. The molecule has 0 saturated carbocycles. The number of ketones is 1. The fraction of sp³-hybridized carbons (Fsp3) is 0. The molecule has 0 radical (unpaired) electrons. The van der Waals surface area contributed by atoms with Crippen molar-refractivity contribution in [1.29, 1.82) is 0 Å². The zero-order valence-electron chi connectivity index (χ0n) is 10.6. The van der Waals surface area contributed by atoms with Crippen LogP contribution < -0.4 is 0 Å². The van der Waals surface area contributed by atoms with E-state index in [4.69, 9.17) is 23.2 Å². The first-order chi connectivity index (χ1) is 9.65. The van der Waals surface area contributed by atoms with Gasteiger partial charge in [0.05, 0.1) is 10.0 Å². The lowest BCUT2D eigenvalue weighted by Crippen LogP contribution is -1.85. The third-order valence-electron chi connectivity index (χ3n) is 2.62. The minimum atomic E-state index is -0.0834. The maximum atomic E-state index is 11.7. The highest BCUT2D eigenvalue weighted by Gasteiger charge is 1.97. The number of rotatable bonds is 4. The lowest BCUT2D eigenvalue weighted by atomic mass is 10.1. The van der Waals surface area contributed by atoms with Crippen LogP contribution in [0.5, 0.6) is 0 Å². The molecule has 2 rings (SSSR count). The van der Waals surface area contributed by atoms with Crippen molar-refractivity contribution in [3.8, 4) is 0 Å². The van der Waals surface area contributed by atoms with Crippen molar-refractivity contribution in [2.45, 2.75) is 0 Å². The van der Waals surface area contributed by atoms with Crippen LogP contribution in [0.15, 0.2) is 60.7 Å². The first-order valence-corrected chi connectivity index (χ1v) is 6.81. The maximum Gasteiger partial charge on any atom is 0.178 e. The highest BCUT2D eigenvalue weighted by atomic mass is 35.5. The van der Waals surface area contributed by atoms with Crippen LogP contribution in [0.2, 0.25) is 10.0 Å². The molecule has 0 fully saturated rings. The van der Waals surface area contributed by atoms with Crippen molar-refractivity contribution in [1.82, 2.24) is 0 Å². The van der Waals surface area contributed by atoms with Gasteiger partial charge in [0.15, 0.2) is 5.78 Å². The van der Waals surface area contributed by atoms with Gasteiger partial charge in [0.1, 0.15) is 0 Å². The second kappa shape index (κ2) is 7.09. The number of hydrogen-bond acceptors (Lipinski definition) is 1. The summed E-state index contributed by atoms with van der Waals surface area (Å²) in [5.41, 5.74) is 1.82. The summed E-state index contributed by atoms with van der Waals surface area (Å²) in [7, 11) is 0. The molecule has 2 aromatic rings. The summed E-state index contributed by atoms with van der Waals surface area (Å²) in [6, 6.07) is 14.9. The van der Waals surface area contributed by atoms with Crippen molar-refractivity contribution < 1.29 is 4.79 Å². The van der Waals surface area contributed by atoms with E-state index in [1.807, 2.05) is 30.3 Å². The molecule has 0 N–H and O–H groups in total. The summed E-state index contributed by atoms with van der Waals surface area (Å²) in [5, 5.41) is 0.972.